The molecule has 1 amide bonds. The first kappa shape index (κ1) is 15.5. The zero-order valence-electron chi connectivity index (χ0n) is 12.1. The van der Waals surface area contributed by atoms with E-state index in [1.54, 1.807) is 27.7 Å². The summed E-state index contributed by atoms with van der Waals surface area (Å²) >= 11 is 0. The second-order valence-corrected chi connectivity index (χ2v) is 5.73. The summed E-state index contributed by atoms with van der Waals surface area (Å²) in [6.07, 6.45) is -0.375. The Labute approximate surface area is 113 Å². The highest BCUT2D eigenvalue weighted by Gasteiger charge is 2.40. The molecule has 1 aliphatic rings. The number of ketones is 1. The second kappa shape index (κ2) is 5.59. The van der Waals surface area contributed by atoms with Gasteiger partial charge in [-0.1, -0.05) is 0 Å². The molecule has 1 saturated heterocycles. The number of hydrogen-bond acceptors (Lipinski definition) is 5. The van der Waals surface area contributed by atoms with Crippen molar-refractivity contribution in [2.75, 3.05) is 13.7 Å². The van der Waals surface area contributed by atoms with Gasteiger partial charge >= 0.3 is 12.1 Å². The van der Waals surface area contributed by atoms with Crippen molar-refractivity contribution in [2.45, 2.75) is 45.8 Å². The highest BCUT2D eigenvalue weighted by atomic mass is 16.6. The lowest BCUT2D eigenvalue weighted by Gasteiger charge is -2.36. The minimum Gasteiger partial charge on any atom is -0.468 e. The molecule has 0 saturated carbocycles. The van der Waals surface area contributed by atoms with Gasteiger partial charge in [0.1, 0.15) is 11.5 Å². The van der Waals surface area contributed by atoms with E-state index in [4.69, 9.17) is 4.74 Å². The van der Waals surface area contributed by atoms with E-state index in [9.17, 15) is 14.4 Å². The average molecular weight is 271 g/mol. The first-order chi connectivity index (χ1) is 8.65. The molecule has 0 aromatic heterocycles. The third kappa shape index (κ3) is 3.94. The van der Waals surface area contributed by atoms with Gasteiger partial charge in [0.25, 0.3) is 0 Å². The summed E-state index contributed by atoms with van der Waals surface area (Å²) in [6.45, 7) is 7.07. The number of likely N-dealkylation sites (tertiary alicyclic amines) is 1. The van der Waals surface area contributed by atoms with Gasteiger partial charge in [0.2, 0.25) is 0 Å². The fraction of sp³-hybridized carbons (Fsp3) is 0.769. The van der Waals surface area contributed by atoms with Gasteiger partial charge in [-0.15, -0.1) is 0 Å². The van der Waals surface area contributed by atoms with Gasteiger partial charge < -0.3 is 14.4 Å². The summed E-state index contributed by atoms with van der Waals surface area (Å²) in [5, 5.41) is 0. The van der Waals surface area contributed by atoms with Crippen LogP contribution in [0.2, 0.25) is 0 Å². The van der Waals surface area contributed by atoms with Crippen molar-refractivity contribution in [3.63, 3.8) is 0 Å². The Hall–Kier alpha value is -1.59. The molecule has 1 rings (SSSR count). The van der Waals surface area contributed by atoms with Crippen molar-refractivity contribution in [1.29, 1.82) is 0 Å². The van der Waals surface area contributed by atoms with Gasteiger partial charge in [-0.25, -0.2) is 4.79 Å². The summed E-state index contributed by atoms with van der Waals surface area (Å²) in [6, 6.07) is -0.275. The number of esters is 1. The molecule has 0 aromatic carbocycles. The molecule has 0 spiro atoms. The number of carbonyl (C=O) groups is 3. The van der Waals surface area contributed by atoms with E-state index < -0.39 is 23.6 Å². The third-order valence-corrected chi connectivity index (χ3v) is 2.91. The molecular formula is C13H21NO5. The Balaban J connectivity index is 2.80. The molecule has 0 N–H and O–H groups in total. The van der Waals surface area contributed by atoms with Gasteiger partial charge in [-0.3, -0.25) is 9.59 Å². The number of ether oxygens (including phenoxy) is 2. The SMILES string of the molecule is COC(=O)C1CN(C(=O)OC(C)(C)C)C(C)CC1=O. The van der Waals surface area contributed by atoms with Gasteiger partial charge in [0, 0.05) is 19.0 Å². The van der Waals surface area contributed by atoms with Gasteiger partial charge in [0.05, 0.1) is 7.11 Å². The predicted octanol–water partition coefficient (Wildman–Crippen LogP) is 1.37. The number of hydrogen-bond donors (Lipinski definition) is 0. The van der Waals surface area contributed by atoms with E-state index in [0.29, 0.717) is 0 Å². The molecule has 0 radical (unpaired) electrons. The number of methoxy groups -OCH3 is 1. The smallest absolute Gasteiger partial charge is 0.410 e. The minimum atomic E-state index is -0.909. The van der Waals surface area contributed by atoms with Crippen LogP contribution in [0.3, 0.4) is 0 Å². The van der Waals surface area contributed by atoms with Crippen molar-refractivity contribution >= 4 is 17.8 Å². The average Bonchev–Trinajstić information content (AvgIpc) is 2.25. The zero-order valence-corrected chi connectivity index (χ0v) is 12.1. The predicted molar refractivity (Wildman–Crippen MR) is 67.5 cm³/mol. The molecule has 1 heterocycles. The van der Waals surface area contributed by atoms with Crippen LogP contribution < -0.4 is 0 Å². The highest BCUT2D eigenvalue weighted by Crippen LogP contribution is 2.22. The standard InChI is InChI=1S/C13H21NO5/c1-8-6-10(15)9(11(16)18-5)7-14(8)12(17)19-13(2,3)4/h8-9H,6-7H2,1-5H3. The lowest BCUT2D eigenvalue weighted by Crippen LogP contribution is -2.52. The number of carbonyl (C=O) groups excluding carboxylic acids is 3. The molecule has 19 heavy (non-hydrogen) atoms. The van der Waals surface area contributed by atoms with E-state index in [0.717, 1.165) is 0 Å². The first-order valence-corrected chi connectivity index (χ1v) is 6.26. The second-order valence-electron chi connectivity index (χ2n) is 5.73. The van der Waals surface area contributed by atoms with Gasteiger partial charge in [-0.05, 0) is 27.7 Å². The monoisotopic (exact) mass is 271 g/mol. The Kier molecular flexibility index (Phi) is 4.55. The molecule has 6 heteroatoms. The summed E-state index contributed by atoms with van der Waals surface area (Å²) < 4.78 is 9.85. The largest absolute Gasteiger partial charge is 0.468 e. The van der Waals surface area contributed by atoms with Crippen LogP contribution in [0.25, 0.3) is 0 Å². The lowest BCUT2D eigenvalue weighted by atomic mass is 9.92. The van der Waals surface area contributed by atoms with Crippen LogP contribution in [-0.4, -0.2) is 48.0 Å². The van der Waals surface area contributed by atoms with Crippen molar-refractivity contribution in [1.82, 2.24) is 4.90 Å². The lowest BCUT2D eigenvalue weighted by molar-refractivity contribution is -0.152. The number of nitrogens with zero attached hydrogens (tertiary/aromatic N) is 1. The van der Waals surface area contributed by atoms with E-state index >= 15 is 0 Å². The first-order valence-electron chi connectivity index (χ1n) is 6.26. The Morgan fingerprint density at radius 3 is 2.37 bits per heavy atom. The third-order valence-electron chi connectivity index (χ3n) is 2.91. The van der Waals surface area contributed by atoms with Crippen LogP contribution >= 0.6 is 0 Å². The topological polar surface area (TPSA) is 72.9 Å². The fourth-order valence-corrected chi connectivity index (χ4v) is 1.95. The Bertz CT molecular complexity index is 385. The van der Waals surface area contributed by atoms with Crippen LogP contribution in [0.15, 0.2) is 0 Å². The summed E-state index contributed by atoms with van der Waals surface area (Å²) in [4.78, 5) is 36.7. The molecular weight excluding hydrogens is 250 g/mol. The number of rotatable bonds is 1. The van der Waals surface area contributed by atoms with E-state index in [1.165, 1.54) is 12.0 Å². The maximum atomic E-state index is 12.0. The van der Waals surface area contributed by atoms with E-state index in [1.807, 2.05) is 0 Å². The van der Waals surface area contributed by atoms with E-state index in [2.05, 4.69) is 4.74 Å². The maximum absolute atomic E-state index is 12.0. The van der Waals surface area contributed by atoms with Crippen LogP contribution in [0, 0.1) is 5.92 Å². The molecule has 2 unspecified atom stereocenters. The molecule has 0 bridgehead atoms. The summed E-state index contributed by atoms with van der Waals surface area (Å²) in [5.74, 6) is -1.71. The summed E-state index contributed by atoms with van der Waals surface area (Å²) in [7, 11) is 1.23. The van der Waals surface area contributed by atoms with Gasteiger partial charge in [0.15, 0.2) is 5.78 Å². The highest BCUT2D eigenvalue weighted by molar-refractivity contribution is 6.00. The zero-order chi connectivity index (χ0) is 14.8. The summed E-state index contributed by atoms with van der Waals surface area (Å²) in [5.41, 5.74) is -0.612. The van der Waals surface area contributed by atoms with Crippen molar-refractivity contribution in [3.05, 3.63) is 0 Å². The number of Topliss-reactive ketones (excluding diaryl/α,β-unsaturated/α-hetero) is 1. The molecule has 0 aromatic rings. The fourth-order valence-electron chi connectivity index (χ4n) is 1.95. The molecule has 6 nitrogen and oxygen atoms in total. The molecule has 108 valence electrons. The molecule has 2 atom stereocenters. The van der Waals surface area contributed by atoms with Crippen molar-refractivity contribution in [3.8, 4) is 0 Å². The van der Waals surface area contributed by atoms with E-state index in [-0.39, 0.29) is 24.8 Å². The molecule has 1 fully saturated rings. The van der Waals surface area contributed by atoms with Crippen LogP contribution in [0.1, 0.15) is 34.1 Å². The maximum Gasteiger partial charge on any atom is 0.410 e. The van der Waals surface area contributed by atoms with Crippen LogP contribution in [0.4, 0.5) is 4.79 Å². The molecule has 1 aliphatic heterocycles. The quantitative estimate of drug-likeness (QED) is 0.532. The minimum absolute atomic E-state index is 0.0155. The number of piperidine rings is 1. The van der Waals surface area contributed by atoms with Crippen molar-refractivity contribution in [2.24, 2.45) is 5.92 Å². The van der Waals surface area contributed by atoms with Crippen LogP contribution in [0.5, 0.6) is 0 Å². The van der Waals surface area contributed by atoms with Crippen LogP contribution in [-0.2, 0) is 19.1 Å². The Morgan fingerprint density at radius 1 is 1.32 bits per heavy atom. The number of amides is 1. The normalized spacial score (nSPS) is 24.1. The van der Waals surface area contributed by atoms with Crippen molar-refractivity contribution < 1.29 is 23.9 Å². The molecule has 0 aliphatic carbocycles. The van der Waals surface area contributed by atoms with Gasteiger partial charge in [-0.2, -0.15) is 0 Å². The Morgan fingerprint density at radius 2 is 1.89 bits per heavy atom.